The van der Waals surface area contributed by atoms with Crippen LogP contribution in [0.3, 0.4) is 0 Å². The maximum atomic E-state index is 11.5. The second kappa shape index (κ2) is 8.19. The van der Waals surface area contributed by atoms with Gasteiger partial charge in [0.25, 0.3) is 5.56 Å². The summed E-state index contributed by atoms with van der Waals surface area (Å²) in [5, 5.41) is 0. The molecule has 0 bridgehead atoms. The van der Waals surface area contributed by atoms with Crippen molar-refractivity contribution in [1.82, 2.24) is 9.55 Å². The van der Waals surface area contributed by atoms with Gasteiger partial charge in [-0.15, -0.1) is 0 Å². The third-order valence-corrected chi connectivity index (χ3v) is 2.87. The van der Waals surface area contributed by atoms with Crippen molar-refractivity contribution >= 4 is 11.7 Å². The number of nitrogens with two attached hydrogens (primary N) is 1. The minimum Gasteiger partial charge on any atom is -0.466 e. The van der Waals surface area contributed by atoms with Gasteiger partial charge in [0, 0.05) is 19.2 Å². The number of aryl methyl sites for hydroxylation is 1. The first-order valence-electron chi connectivity index (χ1n) is 6.79. The molecule has 0 spiro atoms. The van der Waals surface area contributed by atoms with E-state index >= 15 is 0 Å². The SMILES string of the molecule is CCOC(=O)CCCCCCn1cc(N)c(=O)[nH]c1=O. The number of esters is 1. The van der Waals surface area contributed by atoms with Gasteiger partial charge >= 0.3 is 11.7 Å². The van der Waals surface area contributed by atoms with Crippen molar-refractivity contribution in [2.75, 3.05) is 12.3 Å². The van der Waals surface area contributed by atoms with Crippen LogP contribution in [0.5, 0.6) is 0 Å². The summed E-state index contributed by atoms with van der Waals surface area (Å²) >= 11 is 0. The molecule has 1 aromatic heterocycles. The fourth-order valence-corrected chi connectivity index (χ4v) is 1.83. The van der Waals surface area contributed by atoms with Crippen LogP contribution < -0.4 is 17.0 Å². The molecule has 0 atom stereocenters. The van der Waals surface area contributed by atoms with E-state index in [1.165, 1.54) is 10.8 Å². The monoisotopic (exact) mass is 283 g/mol. The number of hydrogen-bond acceptors (Lipinski definition) is 5. The number of unbranched alkanes of at least 4 members (excludes halogenated alkanes) is 3. The lowest BCUT2D eigenvalue weighted by atomic mass is 10.1. The largest absolute Gasteiger partial charge is 0.466 e. The number of nitrogens with one attached hydrogen (secondary N) is 1. The molecule has 7 heteroatoms. The Morgan fingerprint density at radius 2 is 2.00 bits per heavy atom. The summed E-state index contributed by atoms with van der Waals surface area (Å²) in [6, 6.07) is 0. The highest BCUT2D eigenvalue weighted by atomic mass is 16.5. The average molecular weight is 283 g/mol. The quantitative estimate of drug-likeness (QED) is 0.537. The van der Waals surface area contributed by atoms with E-state index in [2.05, 4.69) is 4.98 Å². The van der Waals surface area contributed by atoms with E-state index in [0.717, 1.165) is 25.7 Å². The maximum Gasteiger partial charge on any atom is 0.328 e. The Kier molecular flexibility index (Phi) is 6.55. The van der Waals surface area contributed by atoms with Crippen LogP contribution in [0.15, 0.2) is 15.8 Å². The summed E-state index contributed by atoms with van der Waals surface area (Å²) in [7, 11) is 0. The summed E-state index contributed by atoms with van der Waals surface area (Å²) in [6.45, 7) is 2.69. The molecule has 7 nitrogen and oxygen atoms in total. The summed E-state index contributed by atoms with van der Waals surface area (Å²) in [5.74, 6) is -0.169. The minimum absolute atomic E-state index is 0.0342. The standard InChI is InChI=1S/C13H21N3O4/c1-2-20-11(17)7-5-3-4-6-8-16-9-10(14)12(18)15-13(16)19/h9H,2-8,14H2,1H3,(H,15,18,19). The first-order valence-corrected chi connectivity index (χ1v) is 6.79. The van der Waals surface area contributed by atoms with Crippen molar-refractivity contribution < 1.29 is 9.53 Å². The van der Waals surface area contributed by atoms with Gasteiger partial charge in [0.15, 0.2) is 0 Å². The molecule has 1 rings (SSSR count). The Hall–Kier alpha value is -2.05. The molecule has 0 unspecified atom stereocenters. The van der Waals surface area contributed by atoms with E-state index in [1.807, 2.05) is 0 Å². The number of carbonyl (C=O) groups excluding carboxylic acids is 1. The Morgan fingerprint density at radius 3 is 2.70 bits per heavy atom. The highest BCUT2D eigenvalue weighted by Gasteiger charge is 2.02. The summed E-state index contributed by atoms with van der Waals surface area (Å²) in [4.78, 5) is 35.8. The van der Waals surface area contributed by atoms with E-state index in [0.29, 0.717) is 19.6 Å². The van der Waals surface area contributed by atoms with Crippen LogP contribution in [0.1, 0.15) is 39.0 Å². The topological polar surface area (TPSA) is 107 Å². The first kappa shape index (κ1) is 16.0. The van der Waals surface area contributed by atoms with Gasteiger partial charge in [-0.25, -0.2) is 4.79 Å². The fourth-order valence-electron chi connectivity index (χ4n) is 1.83. The number of rotatable bonds is 8. The third kappa shape index (κ3) is 5.29. The number of ether oxygens (including phenoxy) is 1. The molecule has 0 fully saturated rings. The van der Waals surface area contributed by atoms with Crippen LogP contribution in [0, 0.1) is 0 Å². The Bertz CT molecular complexity index is 547. The number of nitrogen functional groups attached to an aromatic ring is 1. The molecule has 20 heavy (non-hydrogen) atoms. The van der Waals surface area contributed by atoms with E-state index in [1.54, 1.807) is 6.92 Å². The maximum absolute atomic E-state index is 11.5. The predicted octanol–water partition coefficient (Wildman–Crippen LogP) is 0.632. The second-order valence-corrected chi connectivity index (χ2v) is 4.51. The number of aromatic nitrogens is 2. The summed E-state index contributed by atoms with van der Waals surface area (Å²) < 4.78 is 6.22. The Morgan fingerprint density at radius 1 is 1.30 bits per heavy atom. The lowest BCUT2D eigenvalue weighted by Crippen LogP contribution is -2.31. The van der Waals surface area contributed by atoms with Gasteiger partial charge in [-0.1, -0.05) is 12.8 Å². The van der Waals surface area contributed by atoms with Crippen molar-refractivity contribution in [2.24, 2.45) is 0 Å². The molecule has 0 aliphatic heterocycles. The predicted molar refractivity (Wildman–Crippen MR) is 75.5 cm³/mol. The average Bonchev–Trinajstić information content (AvgIpc) is 2.39. The van der Waals surface area contributed by atoms with Crippen LogP contribution >= 0.6 is 0 Å². The molecule has 1 heterocycles. The number of anilines is 1. The number of hydrogen-bond donors (Lipinski definition) is 2. The zero-order valence-electron chi connectivity index (χ0n) is 11.7. The van der Waals surface area contributed by atoms with Crippen LogP contribution in [-0.4, -0.2) is 22.1 Å². The van der Waals surface area contributed by atoms with E-state index in [4.69, 9.17) is 10.5 Å². The van der Waals surface area contributed by atoms with Gasteiger partial charge in [-0.2, -0.15) is 0 Å². The lowest BCUT2D eigenvalue weighted by Gasteiger charge is -2.05. The zero-order valence-corrected chi connectivity index (χ0v) is 11.7. The molecule has 0 radical (unpaired) electrons. The molecule has 0 amide bonds. The van der Waals surface area contributed by atoms with Gasteiger partial charge < -0.3 is 10.5 Å². The number of aromatic amines is 1. The molecule has 112 valence electrons. The van der Waals surface area contributed by atoms with E-state index in [9.17, 15) is 14.4 Å². The molecular formula is C13H21N3O4. The highest BCUT2D eigenvalue weighted by Crippen LogP contribution is 2.05. The first-order chi connectivity index (χ1) is 9.54. The number of H-pyrrole nitrogens is 1. The molecule has 0 saturated carbocycles. The van der Waals surface area contributed by atoms with Gasteiger partial charge in [0.1, 0.15) is 5.69 Å². The summed E-state index contributed by atoms with van der Waals surface area (Å²) in [5.41, 5.74) is 4.48. The normalized spacial score (nSPS) is 10.4. The summed E-state index contributed by atoms with van der Waals surface area (Å²) in [6.07, 6.45) is 5.15. The van der Waals surface area contributed by atoms with Crippen molar-refractivity contribution in [3.8, 4) is 0 Å². The van der Waals surface area contributed by atoms with Gasteiger partial charge in [-0.3, -0.25) is 19.1 Å². The minimum atomic E-state index is -0.555. The van der Waals surface area contributed by atoms with Crippen LogP contribution in [-0.2, 0) is 16.1 Å². The van der Waals surface area contributed by atoms with E-state index in [-0.39, 0.29) is 11.7 Å². The van der Waals surface area contributed by atoms with Gasteiger partial charge in [0.05, 0.1) is 6.61 Å². The van der Waals surface area contributed by atoms with Crippen molar-refractivity contribution in [1.29, 1.82) is 0 Å². The van der Waals surface area contributed by atoms with Crippen LogP contribution in [0.25, 0.3) is 0 Å². The third-order valence-electron chi connectivity index (χ3n) is 2.87. The lowest BCUT2D eigenvalue weighted by molar-refractivity contribution is -0.143. The van der Waals surface area contributed by atoms with Crippen molar-refractivity contribution in [3.63, 3.8) is 0 Å². The van der Waals surface area contributed by atoms with Gasteiger partial charge in [-0.05, 0) is 19.8 Å². The molecule has 3 N–H and O–H groups in total. The number of carbonyl (C=O) groups is 1. The molecule has 0 aliphatic carbocycles. The van der Waals surface area contributed by atoms with Crippen molar-refractivity contribution in [3.05, 3.63) is 27.0 Å². The Labute approximate surface area is 116 Å². The van der Waals surface area contributed by atoms with Gasteiger partial charge in [0.2, 0.25) is 0 Å². The Balaban J connectivity index is 2.25. The smallest absolute Gasteiger partial charge is 0.328 e. The van der Waals surface area contributed by atoms with Crippen LogP contribution in [0.4, 0.5) is 5.69 Å². The molecule has 0 aromatic carbocycles. The number of nitrogens with zero attached hydrogens (tertiary/aromatic N) is 1. The van der Waals surface area contributed by atoms with Crippen molar-refractivity contribution in [2.45, 2.75) is 45.6 Å². The molecular weight excluding hydrogens is 262 g/mol. The fraction of sp³-hybridized carbons (Fsp3) is 0.615. The second-order valence-electron chi connectivity index (χ2n) is 4.51. The zero-order chi connectivity index (χ0) is 15.0. The molecule has 0 aliphatic rings. The molecule has 1 aromatic rings. The van der Waals surface area contributed by atoms with E-state index < -0.39 is 11.2 Å². The highest BCUT2D eigenvalue weighted by molar-refractivity contribution is 5.69. The molecule has 0 saturated heterocycles. The van der Waals surface area contributed by atoms with Crippen LogP contribution in [0.2, 0.25) is 0 Å².